The molecule has 0 aliphatic rings. The summed E-state index contributed by atoms with van der Waals surface area (Å²) in [5.41, 5.74) is 1.70. The van der Waals surface area contributed by atoms with Gasteiger partial charge in [0.25, 0.3) is 0 Å². The zero-order valence-corrected chi connectivity index (χ0v) is 13.2. The minimum absolute atomic E-state index is 0.233. The van der Waals surface area contributed by atoms with E-state index in [0.29, 0.717) is 5.56 Å². The lowest BCUT2D eigenvalue weighted by molar-refractivity contribution is -0.138. The highest BCUT2D eigenvalue weighted by Crippen LogP contribution is 2.35. The normalized spacial score (nSPS) is 13.0. The van der Waals surface area contributed by atoms with Gasteiger partial charge in [-0.3, -0.25) is 0 Å². The smallest absolute Gasteiger partial charge is 0.377 e. The third-order valence-corrected chi connectivity index (χ3v) is 4.07. The largest absolute Gasteiger partial charge is 0.416 e. The molecule has 0 aliphatic heterocycles. The molecule has 0 aliphatic carbocycles. The van der Waals surface area contributed by atoms with Crippen LogP contribution in [0.5, 0.6) is 0 Å². The number of nitrogens with one attached hydrogen (secondary N) is 1. The van der Waals surface area contributed by atoms with Crippen molar-refractivity contribution in [3.63, 3.8) is 0 Å². The summed E-state index contributed by atoms with van der Waals surface area (Å²) in [7, 11) is 0. The van der Waals surface area contributed by atoms with Gasteiger partial charge in [-0.2, -0.15) is 23.4 Å². The molecule has 1 atom stereocenters. The second kappa shape index (κ2) is 6.11. The molecule has 3 rings (SSSR count). The summed E-state index contributed by atoms with van der Waals surface area (Å²) in [5.74, 6) is 0. The van der Waals surface area contributed by atoms with Crippen molar-refractivity contribution in [3.8, 4) is 0 Å². The molecule has 1 N–H and O–H groups in total. The molecular weight excluding hydrogens is 315 g/mol. The Balaban J connectivity index is 1.97. The maximum atomic E-state index is 13.1. The first-order valence-electron chi connectivity index (χ1n) is 7.51. The van der Waals surface area contributed by atoms with Crippen LogP contribution in [-0.2, 0) is 6.18 Å². The highest BCUT2D eigenvalue weighted by molar-refractivity contribution is 5.90. The number of fused-ring (bicyclic) bond motifs is 1. The first kappa shape index (κ1) is 16.2. The van der Waals surface area contributed by atoms with Gasteiger partial charge in [0.1, 0.15) is 0 Å². The molecule has 1 aromatic heterocycles. The standard InChI is InChI=1S/C18H16F3N3/c1-11-13(7-5-8-15(11)18(19,20)21)12(2)23-17-10-22-24-16-9-4-3-6-14(16)17/h3-10,12H,1-2H3,(H,23,24)/t12-/m1/s1. The number of rotatable bonds is 3. The fourth-order valence-electron chi connectivity index (χ4n) is 2.86. The Hall–Kier alpha value is -2.63. The van der Waals surface area contributed by atoms with Crippen LogP contribution in [0.3, 0.4) is 0 Å². The quantitative estimate of drug-likeness (QED) is 0.723. The SMILES string of the molecule is Cc1c([C@@H](C)Nc2cnnc3ccccc23)cccc1C(F)(F)F. The summed E-state index contributed by atoms with van der Waals surface area (Å²) >= 11 is 0. The molecule has 6 heteroatoms. The Morgan fingerprint density at radius 3 is 2.54 bits per heavy atom. The van der Waals surface area contributed by atoms with Crippen LogP contribution in [0.15, 0.2) is 48.7 Å². The van der Waals surface area contributed by atoms with Crippen molar-refractivity contribution < 1.29 is 13.2 Å². The monoisotopic (exact) mass is 331 g/mol. The van der Waals surface area contributed by atoms with Crippen molar-refractivity contribution in [3.05, 3.63) is 65.4 Å². The molecule has 0 radical (unpaired) electrons. The Morgan fingerprint density at radius 1 is 1.04 bits per heavy atom. The predicted molar refractivity (Wildman–Crippen MR) is 87.8 cm³/mol. The molecule has 0 spiro atoms. The maximum Gasteiger partial charge on any atom is 0.416 e. The highest BCUT2D eigenvalue weighted by Gasteiger charge is 2.33. The molecule has 0 bridgehead atoms. The van der Waals surface area contributed by atoms with Crippen LogP contribution >= 0.6 is 0 Å². The molecular formula is C18H16F3N3. The predicted octanol–water partition coefficient (Wildman–Crippen LogP) is 5.13. The molecule has 24 heavy (non-hydrogen) atoms. The van der Waals surface area contributed by atoms with Gasteiger partial charge < -0.3 is 5.32 Å². The molecule has 3 aromatic rings. The Labute approximate surface area is 137 Å². The van der Waals surface area contributed by atoms with Crippen LogP contribution in [-0.4, -0.2) is 10.2 Å². The number of nitrogens with zero attached hydrogens (tertiary/aromatic N) is 2. The van der Waals surface area contributed by atoms with E-state index in [1.54, 1.807) is 12.3 Å². The van der Waals surface area contributed by atoms with Crippen molar-refractivity contribution in [2.75, 3.05) is 5.32 Å². The molecule has 0 unspecified atom stereocenters. The summed E-state index contributed by atoms with van der Waals surface area (Å²) in [4.78, 5) is 0. The van der Waals surface area contributed by atoms with Crippen molar-refractivity contribution in [1.82, 2.24) is 10.2 Å². The van der Waals surface area contributed by atoms with Crippen LogP contribution in [0.2, 0.25) is 0 Å². The maximum absolute atomic E-state index is 13.1. The van der Waals surface area contributed by atoms with E-state index < -0.39 is 11.7 Å². The van der Waals surface area contributed by atoms with Gasteiger partial charge >= 0.3 is 6.18 Å². The van der Waals surface area contributed by atoms with Crippen LogP contribution in [0, 0.1) is 6.92 Å². The molecule has 0 amide bonds. The van der Waals surface area contributed by atoms with Gasteiger partial charge in [-0.15, -0.1) is 0 Å². The zero-order valence-electron chi connectivity index (χ0n) is 13.2. The Bertz CT molecular complexity index is 870. The second-order valence-corrected chi connectivity index (χ2v) is 5.66. The Morgan fingerprint density at radius 2 is 1.79 bits per heavy atom. The topological polar surface area (TPSA) is 37.8 Å². The van der Waals surface area contributed by atoms with Gasteiger partial charge in [0, 0.05) is 11.4 Å². The molecule has 1 heterocycles. The number of benzene rings is 2. The lowest BCUT2D eigenvalue weighted by Crippen LogP contribution is -2.14. The average Bonchev–Trinajstić information content (AvgIpc) is 2.54. The second-order valence-electron chi connectivity index (χ2n) is 5.66. The summed E-state index contributed by atoms with van der Waals surface area (Å²) in [6.45, 7) is 3.33. The number of anilines is 1. The van der Waals surface area contributed by atoms with E-state index in [9.17, 15) is 13.2 Å². The summed E-state index contributed by atoms with van der Waals surface area (Å²) < 4.78 is 39.3. The van der Waals surface area contributed by atoms with Gasteiger partial charge in [-0.1, -0.05) is 30.3 Å². The highest BCUT2D eigenvalue weighted by atomic mass is 19.4. The van der Waals surface area contributed by atoms with Gasteiger partial charge in [0.2, 0.25) is 0 Å². The van der Waals surface area contributed by atoms with E-state index in [1.807, 2.05) is 31.2 Å². The first-order valence-corrected chi connectivity index (χ1v) is 7.51. The minimum atomic E-state index is -4.36. The first-order chi connectivity index (χ1) is 11.4. The number of hydrogen-bond acceptors (Lipinski definition) is 3. The number of alkyl halides is 3. The van der Waals surface area contributed by atoms with Crippen LogP contribution in [0.1, 0.15) is 29.7 Å². The van der Waals surface area contributed by atoms with Gasteiger partial charge in [-0.25, -0.2) is 0 Å². The molecule has 0 saturated heterocycles. The minimum Gasteiger partial charge on any atom is -0.377 e. The molecule has 3 nitrogen and oxygen atoms in total. The third kappa shape index (κ3) is 3.04. The van der Waals surface area contributed by atoms with E-state index in [0.717, 1.165) is 22.7 Å². The van der Waals surface area contributed by atoms with E-state index in [-0.39, 0.29) is 11.6 Å². The van der Waals surface area contributed by atoms with Gasteiger partial charge in [-0.05, 0) is 37.1 Å². The molecule has 0 saturated carbocycles. The lowest BCUT2D eigenvalue weighted by Gasteiger charge is -2.21. The van der Waals surface area contributed by atoms with E-state index in [1.165, 1.54) is 13.0 Å². The number of halogens is 3. The average molecular weight is 331 g/mol. The third-order valence-electron chi connectivity index (χ3n) is 4.07. The summed E-state index contributed by atoms with van der Waals surface area (Å²) in [6, 6.07) is 11.4. The van der Waals surface area contributed by atoms with Crippen molar-refractivity contribution in [1.29, 1.82) is 0 Å². The van der Waals surface area contributed by atoms with E-state index in [4.69, 9.17) is 0 Å². The van der Waals surface area contributed by atoms with Crippen molar-refractivity contribution >= 4 is 16.6 Å². The fraction of sp³-hybridized carbons (Fsp3) is 0.222. The number of hydrogen-bond donors (Lipinski definition) is 1. The summed E-state index contributed by atoms with van der Waals surface area (Å²) in [5, 5.41) is 12.1. The Kier molecular flexibility index (Phi) is 4.13. The van der Waals surface area contributed by atoms with Crippen LogP contribution < -0.4 is 5.32 Å². The fourth-order valence-corrected chi connectivity index (χ4v) is 2.86. The van der Waals surface area contributed by atoms with Gasteiger partial charge in [0.05, 0.1) is 23.0 Å². The number of aromatic nitrogens is 2. The lowest BCUT2D eigenvalue weighted by atomic mass is 9.97. The zero-order chi connectivity index (χ0) is 17.3. The molecule has 0 fully saturated rings. The van der Waals surface area contributed by atoms with Crippen molar-refractivity contribution in [2.45, 2.75) is 26.1 Å². The molecule has 124 valence electrons. The molecule has 2 aromatic carbocycles. The van der Waals surface area contributed by atoms with E-state index >= 15 is 0 Å². The van der Waals surface area contributed by atoms with Crippen LogP contribution in [0.25, 0.3) is 10.9 Å². The van der Waals surface area contributed by atoms with Crippen LogP contribution in [0.4, 0.5) is 18.9 Å². The van der Waals surface area contributed by atoms with E-state index in [2.05, 4.69) is 15.5 Å². The summed E-state index contributed by atoms with van der Waals surface area (Å²) in [6.07, 6.45) is -2.77. The van der Waals surface area contributed by atoms with Gasteiger partial charge in [0.15, 0.2) is 0 Å². The van der Waals surface area contributed by atoms with Crippen molar-refractivity contribution in [2.24, 2.45) is 0 Å².